The number of hydrogen-bond donors (Lipinski definition) is 1. The number of pyridine rings is 2. The molecule has 1 unspecified atom stereocenters. The summed E-state index contributed by atoms with van der Waals surface area (Å²) in [6.07, 6.45) is 5.95. The number of ether oxygens (including phenoxy) is 1. The highest BCUT2D eigenvalue weighted by atomic mass is 16.5. The fourth-order valence-corrected chi connectivity index (χ4v) is 2.57. The van der Waals surface area contributed by atoms with E-state index in [1.807, 2.05) is 19.1 Å². The SMILES string of the molecule is CC(C)CC(C)(N)COc1ncc(-c2ccncc2)cc1C#N. The summed E-state index contributed by atoms with van der Waals surface area (Å²) >= 11 is 0. The third-order valence-electron chi connectivity index (χ3n) is 3.40. The van der Waals surface area contributed by atoms with E-state index in [1.165, 1.54) is 0 Å². The van der Waals surface area contributed by atoms with Gasteiger partial charge >= 0.3 is 0 Å². The first-order valence-electron chi connectivity index (χ1n) is 7.63. The summed E-state index contributed by atoms with van der Waals surface area (Å²) in [4.78, 5) is 8.27. The fraction of sp³-hybridized carbons (Fsp3) is 0.389. The molecule has 0 saturated heterocycles. The topological polar surface area (TPSA) is 84.8 Å². The maximum Gasteiger partial charge on any atom is 0.231 e. The first-order valence-corrected chi connectivity index (χ1v) is 7.63. The minimum absolute atomic E-state index is 0.321. The minimum atomic E-state index is -0.452. The van der Waals surface area contributed by atoms with Crippen molar-refractivity contribution in [1.82, 2.24) is 9.97 Å². The molecule has 0 bridgehead atoms. The minimum Gasteiger partial charge on any atom is -0.475 e. The van der Waals surface area contributed by atoms with Crippen LogP contribution in [0.4, 0.5) is 0 Å². The first kappa shape index (κ1) is 16.9. The Balaban J connectivity index is 2.16. The maximum absolute atomic E-state index is 9.35. The van der Waals surface area contributed by atoms with Crippen LogP contribution in [0, 0.1) is 17.2 Å². The highest BCUT2D eigenvalue weighted by Crippen LogP contribution is 2.24. The van der Waals surface area contributed by atoms with Crippen LogP contribution in [0.3, 0.4) is 0 Å². The Morgan fingerprint density at radius 3 is 2.61 bits per heavy atom. The van der Waals surface area contributed by atoms with Gasteiger partial charge in [-0.1, -0.05) is 13.8 Å². The molecule has 1 atom stereocenters. The molecular formula is C18H22N4O. The monoisotopic (exact) mass is 310 g/mol. The molecule has 0 spiro atoms. The summed E-state index contributed by atoms with van der Waals surface area (Å²) in [6.45, 7) is 6.51. The highest BCUT2D eigenvalue weighted by molar-refractivity contribution is 5.64. The van der Waals surface area contributed by atoms with E-state index in [1.54, 1.807) is 24.7 Å². The van der Waals surface area contributed by atoms with Crippen LogP contribution in [0.15, 0.2) is 36.8 Å². The van der Waals surface area contributed by atoms with Crippen LogP contribution < -0.4 is 10.5 Å². The zero-order valence-electron chi connectivity index (χ0n) is 13.8. The van der Waals surface area contributed by atoms with Crippen LogP contribution in [-0.2, 0) is 0 Å². The van der Waals surface area contributed by atoms with Gasteiger partial charge in [-0.3, -0.25) is 4.98 Å². The van der Waals surface area contributed by atoms with Crippen molar-refractivity contribution in [2.75, 3.05) is 6.61 Å². The van der Waals surface area contributed by atoms with E-state index in [2.05, 4.69) is 29.9 Å². The third kappa shape index (κ3) is 4.76. The number of nitriles is 1. The van der Waals surface area contributed by atoms with E-state index >= 15 is 0 Å². The molecule has 2 heterocycles. The Morgan fingerprint density at radius 1 is 1.30 bits per heavy atom. The number of nitrogens with zero attached hydrogens (tertiary/aromatic N) is 3. The van der Waals surface area contributed by atoms with Gasteiger partial charge in [-0.25, -0.2) is 4.98 Å². The molecule has 0 aromatic carbocycles. The van der Waals surface area contributed by atoms with Crippen molar-refractivity contribution in [3.63, 3.8) is 0 Å². The number of hydrogen-bond acceptors (Lipinski definition) is 5. The lowest BCUT2D eigenvalue weighted by Gasteiger charge is -2.26. The lowest BCUT2D eigenvalue weighted by Crippen LogP contribution is -2.43. The van der Waals surface area contributed by atoms with Crippen LogP contribution in [0.2, 0.25) is 0 Å². The van der Waals surface area contributed by atoms with Crippen LogP contribution >= 0.6 is 0 Å². The van der Waals surface area contributed by atoms with E-state index in [0.717, 1.165) is 17.5 Å². The van der Waals surface area contributed by atoms with Crippen molar-refractivity contribution < 1.29 is 4.74 Å². The first-order chi connectivity index (χ1) is 10.9. The zero-order chi connectivity index (χ0) is 16.9. The summed E-state index contributed by atoms with van der Waals surface area (Å²) in [5, 5.41) is 9.35. The Labute approximate surface area is 137 Å². The molecule has 2 aromatic rings. The van der Waals surface area contributed by atoms with Crippen LogP contribution in [0.25, 0.3) is 11.1 Å². The Kier molecular flexibility index (Phi) is 5.30. The predicted molar refractivity (Wildman–Crippen MR) is 89.7 cm³/mol. The third-order valence-corrected chi connectivity index (χ3v) is 3.40. The molecule has 120 valence electrons. The Hall–Kier alpha value is -2.45. The molecule has 23 heavy (non-hydrogen) atoms. The molecule has 5 heteroatoms. The number of nitrogens with two attached hydrogens (primary N) is 1. The summed E-state index contributed by atoms with van der Waals surface area (Å²) in [5.74, 6) is 0.803. The second kappa shape index (κ2) is 7.21. The van der Waals surface area contributed by atoms with E-state index < -0.39 is 5.54 Å². The van der Waals surface area contributed by atoms with Crippen molar-refractivity contribution >= 4 is 0 Å². The lowest BCUT2D eigenvalue weighted by atomic mass is 9.93. The van der Waals surface area contributed by atoms with E-state index in [4.69, 9.17) is 10.5 Å². The molecule has 2 rings (SSSR count). The summed E-state index contributed by atoms with van der Waals surface area (Å²) in [5.41, 5.74) is 8.00. The van der Waals surface area contributed by atoms with E-state index in [-0.39, 0.29) is 0 Å². The molecule has 0 saturated carbocycles. The Morgan fingerprint density at radius 2 is 2.00 bits per heavy atom. The Bertz CT molecular complexity index is 690. The quantitative estimate of drug-likeness (QED) is 0.886. The largest absolute Gasteiger partial charge is 0.475 e. The normalized spacial score (nSPS) is 13.4. The second-order valence-electron chi connectivity index (χ2n) is 6.47. The lowest BCUT2D eigenvalue weighted by molar-refractivity contribution is 0.200. The van der Waals surface area contributed by atoms with Crippen LogP contribution in [-0.4, -0.2) is 22.1 Å². The summed E-state index contributed by atoms with van der Waals surface area (Å²) < 4.78 is 5.71. The van der Waals surface area contributed by atoms with E-state index in [9.17, 15) is 5.26 Å². The van der Waals surface area contributed by atoms with Gasteiger partial charge in [0.25, 0.3) is 0 Å². The molecule has 0 radical (unpaired) electrons. The van der Waals surface area contributed by atoms with Gasteiger partial charge in [-0.15, -0.1) is 0 Å². The molecular weight excluding hydrogens is 288 g/mol. The molecule has 5 nitrogen and oxygen atoms in total. The maximum atomic E-state index is 9.35. The van der Waals surface area contributed by atoms with Gasteiger partial charge in [0, 0.05) is 29.7 Å². The molecule has 2 aromatic heterocycles. The van der Waals surface area contributed by atoms with Gasteiger partial charge < -0.3 is 10.5 Å². The summed E-state index contributed by atoms with van der Waals surface area (Å²) in [6, 6.07) is 7.66. The second-order valence-corrected chi connectivity index (χ2v) is 6.47. The van der Waals surface area contributed by atoms with Crippen molar-refractivity contribution in [2.45, 2.75) is 32.7 Å². The average Bonchev–Trinajstić information content (AvgIpc) is 2.52. The molecule has 0 amide bonds. The number of rotatable bonds is 6. The van der Waals surface area contributed by atoms with Crippen LogP contribution in [0.1, 0.15) is 32.8 Å². The van der Waals surface area contributed by atoms with E-state index in [0.29, 0.717) is 24.0 Å². The predicted octanol–water partition coefficient (Wildman–Crippen LogP) is 3.16. The molecule has 2 N–H and O–H groups in total. The number of aromatic nitrogens is 2. The average molecular weight is 310 g/mol. The van der Waals surface area contributed by atoms with Gasteiger partial charge in [-0.2, -0.15) is 5.26 Å². The van der Waals surface area contributed by atoms with Gasteiger partial charge in [0.05, 0.1) is 0 Å². The molecule has 0 aliphatic heterocycles. The smallest absolute Gasteiger partial charge is 0.231 e. The zero-order valence-corrected chi connectivity index (χ0v) is 13.8. The molecule has 0 fully saturated rings. The van der Waals surface area contributed by atoms with Crippen molar-refractivity contribution in [2.24, 2.45) is 11.7 Å². The van der Waals surface area contributed by atoms with Gasteiger partial charge in [0.1, 0.15) is 18.2 Å². The van der Waals surface area contributed by atoms with Gasteiger partial charge in [-0.05, 0) is 43.0 Å². The van der Waals surface area contributed by atoms with Crippen molar-refractivity contribution in [3.8, 4) is 23.1 Å². The summed E-state index contributed by atoms with van der Waals surface area (Å²) in [7, 11) is 0. The van der Waals surface area contributed by atoms with Crippen molar-refractivity contribution in [1.29, 1.82) is 5.26 Å². The standard InChI is InChI=1S/C18H22N4O/c1-13(2)9-18(3,20)12-23-17-15(10-19)8-16(11-22-17)14-4-6-21-7-5-14/h4-8,11,13H,9,12,20H2,1-3H3. The molecule has 0 aliphatic rings. The van der Waals surface area contributed by atoms with Crippen molar-refractivity contribution in [3.05, 3.63) is 42.4 Å². The van der Waals surface area contributed by atoms with Gasteiger partial charge in [0.2, 0.25) is 5.88 Å². The fourth-order valence-electron chi connectivity index (χ4n) is 2.57. The van der Waals surface area contributed by atoms with Gasteiger partial charge in [0.15, 0.2) is 0 Å². The van der Waals surface area contributed by atoms with Crippen LogP contribution in [0.5, 0.6) is 5.88 Å². The molecule has 0 aliphatic carbocycles. The highest BCUT2D eigenvalue weighted by Gasteiger charge is 2.22.